The van der Waals surface area contributed by atoms with Gasteiger partial charge in [0.15, 0.2) is 0 Å². The monoisotopic (exact) mass is 360 g/mol. The van der Waals surface area contributed by atoms with Crippen molar-refractivity contribution in [3.8, 4) is 11.8 Å². The first-order valence-corrected chi connectivity index (χ1v) is 7.89. The summed E-state index contributed by atoms with van der Waals surface area (Å²) in [5, 5.41) is 12.6. The second-order valence-electron chi connectivity index (χ2n) is 4.78. The van der Waals surface area contributed by atoms with E-state index in [1.807, 2.05) is 13.0 Å². The van der Waals surface area contributed by atoms with Crippen LogP contribution in [0.5, 0.6) is 5.75 Å². The van der Waals surface area contributed by atoms with Crippen LogP contribution in [0.25, 0.3) is 6.08 Å². The molecule has 2 aromatic rings. The summed E-state index contributed by atoms with van der Waals surface area (Å²) < 4.78 is 5.35. The van der Waals surface area contributed by atoms with E-state index in [0.717, 1.165) is 5.75 Å². The molecule has 1 N–H and O–H groups in total. The fourth-order valence-corrected chi connectivity index (χ4v) is 2.49. The SMILES string of the molecule is CCOc1ccc(/C=C(\C#N)C(=O)Nc2cc(Cl)cc(Cl)c2)cc1. The molecule has 0 aliphatic heterocycles. The Morgan fingerprint density at radius 2 is 1.83 bits per heavy atom. The van der Waals surface area contributed by atoms with E-state index in [2.05, 4.69) is 5.32 Å². The third kappa shape index (κ3) is 5.02. The smallest absolute Gasteiger partial charge is 0.266 e. The van der Waals surface area contributed by atoms with Crippen molar-refractivity contribution in [3.63, 3.8) is 0 Å². The van der Waals surface area contributed by atoms with Gasteiger partial charge in [-0.3, -0.25) is 4.79 Å². The topological polar surface area (TPSA) is 62.1 Å². The number of benzene rings is 2. The largest absolute Gasteiger partial charge is 0.494 e. The molecule has 0 atom stereocenters. The quantitative estimate of drug-likeness (QED) is 0.606. The lowest BCUT2D eigenvalue weighted by Crippen LogP contribution is -2.13. The minimum Gasteiger partial charge on any atom is -0.494 e. The molecule has 2 rings (SSSR count). The molecule has 2 aromatic carbocycles. The number of hydrogen-bond donors (Lipinski definition) is 1. The van der Waals surface area contributed by atoms with E-state index in [4.69, 9.17) is 27.9 Å². The Kier molecular flexibility index (Phi) is 6.25. The van der Waals surface area contributed by atoms with E-state index in [1.165, 1.54) is 6.08 Å². The first-order valence-electron chi connectivity index (χ1n) is 7.14. The van der Waals surface area contributed by atoms with Crippen molar-refractivity contribution < 1.29 is 9.53 Å². The number of ether oxygens (including phenoxy) is 1. The predicted molar refractivity (Wildman–Crippen MR) is 96.3 cm³/mol. The van der Waals surface area contributed by atoms with Crippen LogP contribution in [0.3, 0.4) is 0 Å². The van der Waals surface area contributed by atoms with Gasteiger partial charge in [-0.25, -0.2) is 0 Å². The van der Waals surface area contributed by atoms with Crippen molar-refractivity contribution in [1.29, 1.82) is 5.26 Å². The van der Waals surface area contributed by atoms with Crippen LogP contribution in [0.15, 0.2) is 48.0 Å². The Bertz CT molecular complexity index is 789. The first kappa shape index (κ1) is 17.9. The van der Waals surface area contributed by atoms with E-state index in [9.17, 15) is 10.1 Å². The molecule has 0 spiro atoms. The van der Waals surface area contributed by atoms with E-state index >= 15 is 0 Å². The molecule has 0 saturated heterocycles. The summed E-state index contributed by atoms with van der Waals surface area (Å²) >= 11 is 11.8. The van der Waals surface area contributed by atoms with Gasteiger partial charge in [-0.2, -0.15) is 5.26 Å². The maximum Gasteiger partial charge on any atom is 0.266 e. The molecule has 0 radical (unpaired) electrons. The third-order valence-electron chi connectivity index (χ3n) is 2.99. The van der Waals surface area contributed by atoms with Gasteiger partial charge in [0.05, 0.1) is 6.61 Å². The van der Waals surface area contributed by atoms with Crippen LogP contribution in [0, 0.1) is 11.3 Å². The molecule has 1 amide bonds. The van der Waals surface area contributed by atoms with Gasteiger partial charge in [-0.1, -0.05) is 35.3 Å². The van der Waals surface area contributed by atoms with Crippen molar-refractivity contribution >= 4 is 40.9 Å². The van der Waals surface area contributed by atoms with E-state index in [-0.39, 0.29) is 5.57 Å². The standard InChI is InChI=1S/C18H14Cl2N2O2/c1-2-24-17-5-3-12(4-6-17)7-13(11-21)18(23)22-16-9-14(19)8-15(20)10-16/h3-10H,2H2,1H3,(H,22,23)/b13-7+. The predicted octanol–water partition coefficient (Wildman–Crippen LogP) is 4.94. The fraction of sp³-hybridized carbons (Fsp3) is 0.111. The van der Waals surface area contributed by atoms with Crippen LogP contribution >= 0.6 is 23.2 Å². The van der Waals surface area contributed by atoms with Gasteiger partial charge in [-0.15, -0.1) is 0 Å². The molecule has 0 fully saturated rings. The molecule has 0 aromatic heterocycles. The summed E-state index contributed by atoms with van der Waals surface area (Å²) in [5.41, 5.74) is 1.11. The normalized spacial score (nSPS) is 10.8. The molecule has 0 bridgehead atoms. The minimum atomic E-state index is -0.537. The Balaban J connectivity index is 2.17. The van der Waals surface area contributed by atoms with Gasteiger partial charge < -0.3 is 10.1 Å². The molecule has 4 nitrogen and oxygen atoms in total. The fourth-order valence-electron chi connectivity index (χ4n) is 1.97. The van der Waals surface area contributed by atoms with Crippen molar-refractivity contribution in [1.82, 2.24) is 0 Å². The number of amides is 1. The summed E-state index contributed by atoms with van der Waals surface area (Å²) in [6.07, 6.45) is 1.50. The molecule has 0 saturated carbocycles. The highest BCUT2D eigenvalue weighted by molar-refractivity contribution is 6.35. The number of nitrogens with zero attached hydrogens (tertiary/aromatic N) is 1. The Hall–Kier alpha value is -2.48. The number of carbonyl (C=O) groups excluding carboxylic acids is 1. The number of nitriles is 1. The van der Waals surface area contributed by atoms with Crippen LogP contribution in [0.4, 0.5) is 5.69 Å². The lowest BCUT2D eigenvalue weighted by molar-refractivity contribution is -0.112. The number of nitrogens with one attached hydrogen (secondary N) is 1. The zero-order chi connectivity index (χ0) is 17.5. The van der Waals surface area contributed by atoms with Crippen LogP contribution in [-0.2, 0) is 4.79 Å². The number of halogens is 2. The minimum absolute atomic E-state index is 0.0322. The lowest BCUT2D eigenvalue weighted by atomic mass is 10.1. The van der Waals surface area contributed by atoms with Gasteiger partial charge >= 0.3 is 0 Å². The van der Waals surface area contributed by atoms with Gasteiger partial charge in [0.2, 0.25) is 0 Å². The zero-order valence-corrected chi connectivity index (χ0v) is 14.4. The molecule has 0 heterocycles. The average Bonchev–Trinajstić information content (AvgIpc) is 2.53. The van der Waals surface area contributed by atoms with Gasteiger partial charge in [-0.05, 0) is 48.9 Å². The average molecular weight is 361 g/mol. The zero-order valence-electron chi connectivity index (χ0n) is 12.8. The van der Waals surface area contributed by atoms with Crippen LogP contribution < -0.4 is 10.1 Å². The van der Waals surface area contributed by atoms with Gasteiger partial charge in [0.25, 0.3) is 5.91 Å². The number of carbonyl (C=O) groups is 1. The highest BCUT2D eigenvalue weighted by atomic mass is 35.5. The van der Waals surface area contributed by atoms with Crippen LogP contribution in [0.1, 0.15) is 12.5 Å². The second-order valence-corrected chi connectivity index (χ2v) is 5.66. The van der Waals surface area contributed by atoms with Crippen LogP contribution in [-0.4, -0.2) is 12.5 Å². The molecule has 0 aliphatic carbocycles. The van der Waals surface area contributed by atoms with Crippen molar-refractivity contribution in [3.05, 3.63) is 63.6 Å². The third-order valence-corrected chi connectivity index (χ3v) is 3.42. The summed E-state index contributed by atoms with van der Waals surface area (Å²) in [4.78, 5) is 12.2. The van der Waals surface area contributed by atoms with Gasteiger partial charge in [0, 0.05) is 15.7 Å². The lowest BCUT2D eigenvalue weighted by Gasteiger charge is -2.06. The van der Waals surface area contributed by atoms with E-state index < -0.39 is 5.91 Å². The molecule has 0 aliphatic rings. The second kappa shape index (κ2) is 8.39. The molecular weight excluding hydrogens is 347 g/mol. The molecule has 0 unspecified atom stereocenters. The maximum absolute atomic E-state index is 12.2. The van der Waals surface area contributed by atoms with E-state index in [1.54, 1.807) is 42.5 Å². The molecule has 6 heteroatoms. The highest BCUT2D eigenvalue weighted by Crippen LogP contribution is 2.23. The Morgan fingerprint density at radius 3 is 2.38 bits per heavy atom. The maximum atomic E-state index is 12.2. The molecular formula is C18H14Cl2N2O2. The highest BCUT2D eigenvalue weighted by Gasteiger charge is 2.10. The number of hydrogen-bond acceptors (Lipinski definition) is 3. The van der Waals surface area contributed by atoms with Crippen molar-refractivity contribution in [2.45, 2.75) is 6.92 Å². The van der Waals surface area contributed by atoms with Gasteiger partial charge in [0.1, 0.15) is 17.4 Å². The molecule has 122 valence electrons. The Morgan fingerprint density at radius 1 is 1.21 bits per heavy atom. The van der Waals surface area contributed by atoms with E-state index in [0.29, 0.717) is 27.9 Å². The van der Waals surface area contributed by atoms with Crippen molar-refractivity contribution in [2.75, 3.05) is 11.9 Å². The van der Waals surface area contributed by atoms with Crippen LogP contribution in [0.2, 0.25) is 10.0 Å². The summed E-state index contributed by atoms with van der Waals surface area (Å²) in [6.45, 7) is 2.47. The summed E-state index contributed by atoms with van der Waals surface area (Å²) in [5.74, 6) is 0.191. The number of rotatable bonds is 5. The van der Waals surface area contributed by atoms with Crippen molar-refractivity contribution in [2.24, 2.45) is 0 Å². The molecule has 24 heavy (non-hydrogen) atoms. The Labute approximate surface area is 150 Å². The summed E-state index contributed by atoms with van der Waals surface area (Å²) in [7, 11) is 0. The summed E-state index contributed by atoms with van der Waals surface area (Å²) in [6, 6.07) is 13.6. The number of anilines is 1. The first-order chi connectivity index (χ1) is 11.5.